The molecule has 0 aromatic carbocycles. The number of nitrogens with two attached hydrogens (primary N) is 1. The molecule has 0 saturated carbocycles. The number of nitrogens with zero attached hydrogens (tertiary/aromatic N) is 1. The third-order valence-corrected chi connectivity index (χ3v) is 3.35. The van der Waals surface area contributed by atoms with Gasteiger partial charge in [0, 0.05) is 32.1 Å². The van der Waals surface area contributed by atoms with Crippen molar-refractivity contribution in [3.05, 3.63) is 0 Å². The molecular weight excluding hydrogens is 230 g/mol. The second-order valence-electron chi connectivity index (χ2n) is 5.40. The van der Waals surface area contributed by atoms with Crippen molar-refractivity contribution in [1.29, 1.82) is 0 Å². The summed E-state index contributed by atoms with van der Waals surface area (Å²) < 4.78 is 0. The van der Waals surface area contributed by atoms with Gasteiger partial charge >= 0.3 is 0 Å². The minimum Gasteiger partial charge on any atom is -0.352 e. The summed E-state index contributed by atoms with van der Waals surface area (Å²) in [6.07, 6.45) is 1.21. The molecule has 1 heterocycles. The van der Waals surface area contributed by atoms with Crippen LogP contribution in [0.4, 0.5) is 0 Å². The molecule has 0 aliphatic carbocycles. The number of carbonyl (C=O) groups excluding carboxylic acids is 2. The zero-order valence-electron chi connectivity index (χ0n) is 11.6. The molecule has 1 aliphatic rings. The molecule has 0 bridgehead atoms. The maximum absolute atomic E-state index is 12.1. The van der Waals surface area contributed by atoms with Crippen molar-refractivity contribution >= 4 is 11.8 Å². The fourth-order valence-corrected chi connectivity index (χ4v) is 2.36. The molecule has 5 nitrogen and oxygen atoms in total. The van der Waals surface area contributed by atoms with Crippen molar-refractivity contribution < 1.29 is 9.59 Å². The van der Waals surface area contributed by atoms with E-state index in [9.17, 15) is 9.59 Å². The molecule has 2 amide bonds. The third-order valence-electron chi connectivity index (χ3n) is 3.35. The molecule has 0 spiro atoms. The minimum absolute atomic E-state index is 0.0169. The summed E-state index contributed by atoms with van der Waals surface area (Å²) in [6, 6.07) is 0.0169. The predicted octanol–water partition coefficient (Wildman–Crippen LogP) is 0.344. The Bertz CT molecular complexity index is 305. The van der Waals surface area contributed by atoms with E-state index in [-0.39, 0.29) is 23.8 Å². The summed E-state index contributed by atoms with van der Waals surface area (Å²) in [7, 11) is 0. The lowest BCUT2D eigenvalue weighted by Gasteiger charge is -2.21. The number of hydrogen-bond acceptors (Lipinski definition) is 3. The van der Waals surface area contributed by atoms with E-state index in [1.54, 1.807) is 4.90 Å². The third kappa shape index (κ3) is 3.98. The summed E-state index contributed by atoms with van der Waals surface area (Å²) in [5.74, 6) is 0.330. The highest BCUT2D eigenvalue weighted by Crippen LogP contribution is 2.18. The van der Waals surface area contributed by atoms with Crippen LogP contribution in [0.15, 0.2) is 0 Å². The van der Waals surface area contributed by atoms with Gasteiger partial charge < -0.3 is 16.0 Å². The lowest BCUT2D eigenvalue weighted by atomic mass is 10.0. The lowest BCUT2D eigenvalue weighted by molar-refractivity contribution is -0.129. The molecule has 18 heavy (non-hydrogen) atoms. The normalized spacial score (nSPS) is 21.5. The van der Waals surface area contributed by atoms with Crippen molar-refractivity contribution in [3.8, 4) is 0 Å². The fourth-order valence-electron chi connectivity index (χ4n) is 2.36. The van der Waals surface area contributed by atoms with Crippen LogP contribution in [-0.4, -0.2) is 42.4 Å². The lowest BCUT2D eigenvalue weighted by Crippen LogP contribution is -2.44. The molecular formula is C13H25N3O2. The Balaban J connectivity index is 2.48. The zero-order valence-corrected chi connectivity index (χ0v) is 11.6. The smallest absolute Gasteiger partial charge is 0.225 e. The average molecular weight is 255 g/mol. The van der Waals surface area contributed by atoms with Crippen LogP contribution in [-0.2, 0) is 9.59 Å². The van der Waals surface area contributed by atoms with Gasteiger partial charge in [0.05, 0.1) is 5.92 Å². The molecule has 1 fully saturated rings. The van der Waals surface area contributed by atoms with Crippen LogP contribution in [0, 0.1) is 11.8 Å². The topological polar surface area (TPSA) is 75.4 Å². The van der Waals surface area contributed by atoms with Crippen LogP contribution in [0.2, 0.25) is 0 Å². The van der Waals surface area contributed by atoms with E-state index in [2.05, 4.69) is 19.2 Å². The van der Waals surface area contributed by atoms with Gasteiger partial charge in [-0.15, -0.1) is 0 Å². The summed E-state index contributed by atoms with van der Waals surface area (Å²) in [4.78, 5) is 25.4. The Labute approximate surface area is 109 Å². The van der Waals surface area contributed by atoms with Gasteiger partial charge in [-0.1, -0.05) is 13.8 Å². The van der Waals surface area contributed by atoms with E-state index in [1.165, 1.54) is 0 Å². The Morgan fingerprint density at radius 2 is 2.22 bits per heavy atom. The molecule has 1 rings (SSSR count). The summed E-state index contributed by atoms with van der Waals surface area (Å²) >= 11 is 0. The van der Waals surface area contributed by atoms with Gasteiger partial charge in [0.25, 0.3) is 0 Å². The van der Waals surface area contributed by atoms with E-state index >= 15 is 0 Å². The summed E-state index contributed by atoms with van der Waals surface area (Å²) in [6.45, 7) is 7.80. The van der Waals surface area contributed by atoms with Gasteiger partial charge in [0.2, 0.25) is 11.8 Å². The molecule has 104 valence electrons. The van der Waals surface area contributed by atoms with Crippen LogP contribution in [0.5, 0.6) is 0 Å². The molecule has 1 aliphatic heterocycles. The van der Waals surface area contributed by atoms with E-state index in [1.807, 2.05) is 6.92 Å². The Morgan fingerprint density at radius 3 is 2.67 bits per heavy atom. The van der Waals surface area contributed by atoms with E-state index < -0.39 is 0 Å². The fraction of sp³-hybridized carbons (Fsp3) is 0.846. The first-order valence-corrected chi connectivity index (χ1v) is 6.76. The molecule has 5 heteroatoms. The largest absolute Gasteiger partial charge is 0.352 e. The number of amides is 2. The van der Waals surface area contributed by atoms with Gasteiger partial charge in [0.1, 0.15) is 0 Å². The molecule has 0 aromatic rings. The number of rotatable bonds is 6. The van der Waals surface area contributed by atoms with E-state index in [0.29, 0.717) is 32.0 Å². The van der Waals surface area contributed by atoms with Crippen LogP contribution in [0.25, 0.3) is 0 Å². The Kier molecular flexibility index (Phi) is 5.59. The second kappa shape index (κ2) is 6.73. The maximum atomic E-state index is 12.1. The molecule has 0 aromatic heterocycles. The van der Waals surface area contributed by atoms with Gasteiger partial charge in [-0.2, -0.15) is 0 Å². The standard InChI is InChI=1S/C13H25N3O2/c1-4-16-8-10(6-12(16)17)13(18)15-11(7-14)5-9(2)3/h9-11H,4-8,14H2,1-3H3,(H,15,18). The highest BCUT2D eigenvalue weighted by Gasteiger charge is 2.33. The monoisotopic (exact) mass is 255 g/mol. The zero-order chi connectivity index (χ0) is 13.7. The van der Waals surface area contributed by atoms with Gasteiger partial charge in [0.15, 0.2) is 0 Å². The number of hydrogen-bond donors (Lipinski definition) is 2. The molecule has 1 saturated heterocycles. The quantitative estimate of drug-likeness (QED) is 0.719. The van der Waals surface area contributed by atoms with E-state index in [0.717, 1.165) is 6.42 Å². The van der Waals surface area contributed by atoms with Gasteiger partial charge in [-0.3, -0.25) is 9.59 Å². The van der Waals surface area contributed by atoms with E-state index in [4.69, 9.17) is 5.73 Å². The molecule has 2 unspecified atom stereocenters. The van der Waals surface area contributed by atoms with Crippen molar-refractivity contribution in [2.24, 2.45) is 17.6 Å². The van der Waals surface area contributed by atoms with Gasteiger partial charge in [-0.25, -0.2) is 0 Å². The molecule has 3 N–H and O–H groups in total. The number of carbonyl (C=O) groups is 2. The maximum Gasteiger partial charge on any atom is 0.225 e. The van der Waals surface area contributed by atoms with Crippen molar-refractivity contribution in [2.45, 2.75) is 39.7 Å². The molecule has 2 atom stereocenters. The first-order chi connectivity index (χ1) is 8.47. The van der Waals surface area contributed by atoms with Crippen molar-refractivity contribution in [1.82, 2.24) is 10.2 Å². The van der Waals surface area contributed by atoms with Crippen LogP contribution in [0.1, 0.15) is 33.6 Å². The summed E-state index contributed by atoms with van der Waals surface area (Å²) in [5, 5.41) is 2.96. The average Bonchev–Trinajstić information content (AvgIpc) is 2.69. The Morgan fingerprint density at radius 1 is 1.56 bits per heavy atom. The van der Waals surface area contributed by atoms with Crippen LogP contribution >= 0.6 is 0 Å². The predicted molar refractivity (Wildman–Crippen MR) is 70.8 cm³/mol. The Hall–Kier alpha value is -1.10. The van der Waals surface area contributed by atoms with Crippen LogP contribution in [0.3, 0.4) is 0 Å². The first kappa shape index (κ1) is 15.0. The first-order valence-electron chi connectivity index (χ1n) is 6.76. The van der Waals surface area contributed by atoms with Crippen LogP contribution < -0.4 is 11.1 Å². The van der Waals surface area contributed by atoms with Crippen molar-refractivity contribution in [2.75, 3.05) is 19.6 Å². The number of likely N-dealkylation sites (tertiary alicyclic amines) is 1. The summed E-state index contributed by atoms with van der Waals surface area (Å²) in [5.41, 5.74) is 5.66. The highest BCUT2D eigenvalue weighted by molar-refractivity contribution is 5.89. The van der Waals surface area contributed by atoms with Gasteiger partial charge in [-0.05, 0) is 19.3 Å². The molecule has 0 radical (unpaired) electrons. The van der Waals surface area contributed by atoms with Crippen molar-refractivity contribution in [3.63, 3.8) is 0 Å². The highest BCUT2D eigenvalue weighted by atomic mass is 16.2. The number of nitrogens with one attached hydrogen (secondary N) is 1. The minimum atomic E-state index is -0.210. The second-order valence-corrected chi connectivity index (χ2v) is 5.40. The SMILES string of the molecule is CCN1CC(C(=O)NC(CN)CC(C)C)CC1=O.